The van der Waals surface area contributed by atoms with E-state index in [-0.39, 0.29) is 0 Å². The highest BCUT2D eigenvalue weighted by molar-refractivity contribution is 5.67. The first kappa shape index (κ1) is 16.6. The lowest BCUT2D eigenvalue weighted by Crippen LogP contribution is -2.32. The van der Waals surface area contributed by atoms with Crippen molar-refractivity contribution in [3.8, 4) is 0 Å². The second-order valence-electron chi connectivity index (χ2n) is 7.07. The van der Waals surface area contributed by atoms with Gasteiger partial charge in [-0.05, 0) is 58.1 Å². The van der Waals surface area contributed by atoms with Crippen molar-refractivity contribution in [1.29, 1.82) is 0 Å². The molecule has 0 aliphatic heterocycles. The van der Waals surface area contributed by atoms with Crippen LogP contribution in [0.1, 0.15) is 46.1 Å². The minimum Gasteiger partial charge on any atom is -0.444 e. The molecule has 1 aromatic heterocycles. The van der Waals surface area contributed by atoms with Gasteiger partial charge in [0.25, 0.3) is 0 Å². The van der Waals surface area contributed by atoms with Crippen molar-refractivity contribution in [2.24, 2.45) is 5.92 Å². The maximum absolute atomic E-state index is 11.6. The van der Waals surface area contributed by atoms with Gasteiger partial charge in [-0.2, -0.15) is 0 Å². The highest BCUT2D eigenvalue weighted by atomic mass is 16.6. The molecule has 1 heterocycles. The lowest BCUT2D eigenvalue weighted by Gasteiger charge is -2.26. The fourth-order valence-corrected chi connectivity index (χ4v) is 2.32. The van der Waals surface area contributed by atoms with Crippen molar-refractivity contribution >= 4 is 11.9 Å². The van der Waals surface area contributed by atoms with Crippen molar-refractivity contribution in [3.63, 3.8) is 0 Å². The molecule has 0 radical (unpaired) electrons. The number of nitrogens with zero attached hydrogens (tertiary/aromatic N) is 2. The number of aromatic nitrogens is 1. The van der Waals surface area contributed by atoms with E-state index >= 15 is 0 Å². The number of amides is 1. The van der Waals surface area contributed by atoms with E-state index in [1.165, 1.54) is 12.8 Å². The van der Waals surface area contributed by atoms with E-state index in [0.29, 0.717) is 12.6 Å². The van der Waals surface area contributed by atoms with Crippen LogP contribution in [0.4, 0.5) is 10.6 Å². The standard InChI is InChI=1S/C17H27N3O2/c1-12(14-7-8-14)20(5)15-9-6-13(10-18-15)11-19-16(21)22-17(2,3)4/h6,9-10,12,14H,7-8,11H2,1-5H3,(H,19,21). The van der Waals surface area contributed by atoms with Gasteiger partial charge in [-0.15, -0.1) is 0 Å². The zero-order valence-corrected chi connectivity index (χ0v) is 14.2. The zero-order chi connectivity index (χ0) is 16.3. The summed E-state index contributed by atoms with van der Waals surface area (Å²) >= 11 is 0. The first-order valence-electron chi connectivity index (χ1n) is 7.91. The van der Waals surface area contributed by atoms with E-state index < -0.39 is 11.7 Å². The number of pyridine rings is 1. The smallest absolute Gasteiger partial charge is 0.407 e. The molecule has 1 aliphatic rings. The molecule has 122 valence electrons. The number of hydrogen-bond donors (Lipinski definition) is 1. The Morgan fingerprint density at radius 2 is 2.14 bits per heavy atom. The van der Waals surface area contributed by atoms with Gasteiger partial charge in [-0.3, -0.25) is 0 Å². The topological polar surface area (TPSA) is 54.5 Å². The largest absolute Gasteiger partial charge is 0.444 e. The monoisotopic (exact) mass is 305 g/mol. The van der Waals surface area contributed by atoms with Crippen LogP contribution in [0, 0.1) is 5.92 Å². The summed E-state index contributed by atoms with van der Waals surface area (Å²) in [6, 6.07) is 4.53. The molecule has 0 bridgehead atoms. The van der Waals surface area contributed by atoms with Crippen molar-refractivity contribution in [3.05, 3.63) is 23.9 Å². The average Bonchev–Trinajstić information content (AvgIpc) is 3.27. The van der Waals surface area contributed by atoms with Gasteiger partial charge >= 0.3 is 6.09 Å². The molecule has 5 heteroatoms. The van der Waals surface area contributed by atoms with E-state index in [9.17, 15) is 4.79 Å². The van der Waals surface area contributed by atoms with Gasteiger partial charge in [0.05, 0.1) is 0 Å². The Bertz CT molecular complexity index is 504. The molecule has 1 unspecified atom stereocenters. The third-order valence-corrected chi connectivity index (χ3v) is 3.92. The Labute approximate surface area is 133 Å². The molecule has 1 saturated carbocycles. The van der Waals surface area contributed by atoms with Gasteiger partial charge in [0, 0.05) is 25.8 Å². The van der Waals surface area contributed by atoms with E-state index in [0.717, 1.165) is 17.3 Å². The van der Waals surface area contributed by atoms with Crippen molar-refractivity contribution < 1.29 is 9.53 Å². The highest BCUT2D eigenvalue weighted by Gasteiger charge is 2.30. The molecule has 1 aliphatic carbocycles. The Kier molecular flexibility index (Phi) is 4.94. The van der Waals surface area contributed by atoms with Crippen LogP contribution >= 0.6 is 0 Å². The molecule has 5 nitrogen and oxygen atoms in total. The first-order chi connectivity index (χ1) is 10.3. The maximum atomic E-state index is 11.6. The number of nitrogens with one attached hydrogen (secondary N) is 1. The molecule has 1 N–H and O–H groups in total. The van der Waals surface area contributed by atoms with E-state index in [4.69, 9.17) is 4.74 Å². The molecular weight excluding hydrogens is 278 g/mol. The lowest BCUT2D eigenvalue weighted by molar-refractivity contribution is 0.0523. The molecule has 0 aromatic carbocycles. The van der Waals surface area contributed by atoms with E-state index in [1.54, 1.807) is 0 Å². The third kappa shape index (κ3) is 4.90. The molecular formula is C17H27N3O2. The quantitative estimate of drug-likeness (QED) is 0.906. The Balaban J connectivity index is 1.85. The Hall–Kier alpha value is -1.78. The summed E-state index contributed by atoms with van der Waals surface area (Å²) in [5, 5.41) is 2.74. The van der Waals surface area contributed by atoms with Crippen molar-refractivity contribution in [2.45, 2.75) is 58.7 Å². The van der Waals surface area contributed by atoms with Crippen molar-refractivity contribution in [1.82, 2.24) is 10.3 Å². The molecule has 2 rings (SSSR count). The minimum atomic E-state index is -0.478. The summed E-state index contributed by atoms with van der Waals surface area (Å²) in [7, 11) is 2.09. The van der Waals surface area contributed by atoms with Crippen LogP contribution in [-0.2, 0) is 11.3 Å². The molecule has 0 spiro atoms. The highest BCUT2D eigenvalue weighted by Crippen LogP contribution is 2.35. The zero-order valence-electron chi connectivity index (χ0n) is 14.2. The first-order valence-corrected chi connectivity index (χ1v) is 7.91. The summed E-state index contributed by atoms with van der Waals surface area (Å²) in [4.78, 5) is 18.3. The van der Waals surface area contributed by atoms with E-state index in [1.807, 2.05) is 39.1 Å². The number of anilines is 1. The summed E-state index contributed by atoms with van der Waals surface area (Å²) in [6.45, 7) is 8.21. The molecule has 1 amide bonds. The number of hydrogen-bond acceptors (Lipinski definition) is 4. The number of carbonyl (C=O) groups excluding carboxylic acids is 1. The Morgan fingerprint density at radius 1 is 1.45 bits per heavy atom. The molecule has 1 atom stereocenters. The second-order valence-corrected chi connectivity index (χ2v) is 7.07. The predicted octanol–water partition coefficient (Wildman–Crippen LogP) is 3.34. The fourth-order valence-electron chi connectivity index (χ4n) is 2.32. The molecule has 1 fully saturated rings. The van der Waals surface area contributed by atoms with Gasteiger partial charge < -0.3 is 15.0 Å². The minimum absolute atomic E-state index is 0.406. The van der Waals surface area contributed by atoms with Crippen LogP contribution in [0.25, 0.3) is 0 Å². The number of carbonyl (C=O) groups is 1. The van der Waals surface area contributed by atoms with Gasteiger partial charge in [0.2, 0.25) is 0 Å². The fraction of sp³-hybridized carbons (Fsp3) is 0.647. The van der Waals surface area contributed by atoms with Gasteiger partial charge in [-0.25, -0.2) is 9.78 Å². The second kappa shape index (κ2) is 6.55. The molecule has 22 heavy (non-hydrogen) atoms. The van der Waals surface area contributed by atoms with E-state index in [2.05, 4.69) is 29.2 Å². The normalized spacial score (nSPS) is 16.0. The third-order valence-electron chi connectivity index (χ3n) is 3.92. The molecule has 0 saturated heterocycles. The van der Waals surface area contributed by atoms with Crippen LogP contribution < -0.4 is 10.2 Å². The van der Waals surface area contributed by atoms with Gasteiger partial charge in [0.15, 0.2) is 0 Å². The summed E-state index contributed by atoms with van der Waals surface area (Å²) in [6.07, 6.45) is 4.05. The number of alkyl carbamates (subject to hydrolysis) is 1. The Morgan fingerprint density at radius 3 is 2.64 bits per heavy atom. The summed E-state index contributed by atoms with van der Waals surface area (Å²) < 4.78 is 5.21. The van der Waals surface area contributed by atoms with Crippen LogP contribution in [0.2, 0.25) is 0 Å². The number of rotatable bonds is 5. The van der Waals surface area contributed by atoms with Crippen LogP contribution in [0.15, 0.2) is 18.3 Å². The predicted molar refractivity (Wildman–Crippen MR) is 87.9 cm³/mol. The van der Waals surface area contributed by atoms with Crippen LogP contribution in [0.3, 0.4) is 0 Å². The average molecular weight is 305 g/mol. The SMILES string of the molecule is CC(C1CC1)N(C)c1ccc(CNC(=O)OC(C)(C)C)cn1. The van der Waals surface area contributed by atoms with Gasteiger partial charge in [-0.1, -0.05) is 6.07 Å². The molecule has 1 aromatic rings. The number of ether oxygens (including phenoxy) is 1. The summed E-state index contributed by atoms with van der Waals surface area (Å²) in [5.41, 5.74) is 0.482. The summed E-state index contributed by atoms with van der Waals surface area (Å²) in [5.74, 6) is 1.78. The van der Waals surface area contributed by atoms with Gasteiger partial charge in [0.1, 0.15) is 11.4 Å². The van der Waals surface area contributed by atoms with Crippen LogP contribution in [0.5, 0.6) is 0 Å². The maximum Gasteiger partial charge on any atom is 0.407 e. The lowest BCUT2D eigenvalue weighted by atomic mass is 10.2. The van der Waals surface area contributed by atoms with Crippen molar-refractivity contribution in [2.75, 3.05) is 11.9 Å². The van der Waals surface area contributed by atoms with Crippen LogP contribution in [-0.4, -0.2) is 29.8 Å².